The second kappa shape index (κ2) is 8.37. The molecule has 0 bridgehead atoms. The van der Waals surface area contributed by atoms with Crippen LogP contribution in [0.4, 0.5) is 0 Å². The summed E-state index contributed by atoms with van der Waals surface area (Å²) in [4.78, 5) is 16.7. The normalized spacial score (nSPS) is 17.9. The minimum Gasteiger partial charge on any atom is -0.452 e. The van der Waals surface area contributed by atoms with Crippen molar-refractivity contribution in [3.05, 3.63) is 58.9 Å². The van der Waals surface area contributed by atoms with Crippen molar-refractivity contribution in [2.75, 3.05) is 13.1 Å². The Balaban J connectivity index is 1.52. The molecule has 0 radical (unpaired) electrons. The third kappa shape index (κ3) is 4.21. The zero-order valence-corrected chi connectivity index (χ0v) is 17.9. The monoisotopic (exact) mass is 448 g/mol. The van der Waals surface area contributed by atoms with Crippen molar-refractivity contribution in [2.45, 2.75) is 31.3 Å². The van der Waals surface area contributed by atoms with E-state index >= 15 is 0 Å². The highest BCUT2D eigenvalue weighted by Crippen LogP contribution is 2.29. The number of carbonyl (C=O) groups is 1. The SMILES string of the molecule is C[C@H]1CCCN(S(=O)(=O)c2cc(C(=O)OCc3nc4ccccc4o3)ccc2Cl)C1. The molecule has 3 aromatic rings. The van der Waals surface area contributed by atoms with E-state index in [9.17, 15) is 13.2 Å². The van der Waals surface area contributed by atoms with Crippen LogP contribution in [0.2, 0.25) is 5.02 Å². The lowest BCUT2D eigenvalue weighted by Gasteiger charge is -2.30. The van der Waals surface area contributed by atoms with E-state index in [2.05, 4.69) is 4.98 Å². The summed E-state index contributed by atoms with van der Waals surface area (Å²) < 4.78 is 38.4. The minimum absolute atomic E-state index is 0.0729. The maximum atomic E-state index is 13.1. The van der Waals surface area contributed by atoms with Crippen molar-refractivity contribution in [3.63, 3.8) is 0 Å². The van der Waals surface area contributed by atoms with Crippen LogP contribution >= 0.6 is 11.6 Å². The fourth-order valence-electron chi connectivity index (χ4n) is 3.52. The molecule has 0 saturated carbocycles. The van der Waals surface area contributed by atoms with Gasteiger partial charge in [-0.05, 0) is 49.1 Å². The quantitative estimate of drug-likeness (QED) is 0.542. The third-order valence-electron chi connectivity index (χ3n) is 5.07. The number of halogens is 1. The van der Waals surface area contributed by atoms with Crippen LogP contribution in [0, 0.1) is 5.92 Å². The molecule has 1 fully saturated rings. The Morgan fingerprint density at radius 3 is 2.87 bits per heavy atom. The molecule has 9 heteroatoms. The number of ether oxygens (including phenoxy) is 1. The summed E-state index contributed by atoms with van der Waals surface area (Å²) in [6.07, 6.45) is 1.78. The second-order valence-corrected chi connectivity index (χ2v) is 9.72. The summed E-state index contributed by atoms with van der Waals surface area (Å²) >= 11 is 6.18. The smallest absolute Gasteiger partial charge is 0.338 e. The zero-order chi connectivity index (χ0) is 21.3. The van der Waals surface area contributed by atoms with Gasteiger partial charge in [0.05, 0.1) is 10.6 Å². The minimum atomic E-state index is -3.80. The van der Waals surface area contributed by atoms with Crippen LogP contribution in [0.3, 0.4) is 0 Å². The van der Waals surface area contributed by atoms with Crippen molar-refractivity contribution < 1.29 is 22.4 Å². The van der Waals surface area contributed by atoms with E-state index in [0.717, 1.165) is 12.8 Å². The van der Waals surface area contributed by atoms with Crippen molar-refractivity contribution in [2.24, 2.45) is 5.92 Å². The highest BCUT2D eigenvalue weighted by molar-refractivity contribution is 7.89. The van der Waals surface area contributed by atoms with Crippen molar-refractivity contribution in [1.29, 1.82) is 0 Å². The van der Waals surface area contributed by atoms with Gasteiger partial charge >= 0.3 is 5.97 Å². The van der Waals surface area contributed by atoms with Gasteiger partial charge in [0.15, 0.2) is 12.2 Å². The number of hydrogen-bond donors (Lipinski definition) is 0. The molecule has 0 spiro atoms. The van der Waals surface area contributed by atoms with Gasteiger partial charge in [0, 0.05) is 13.1 Å². The van der Waals surface area contributed by atoms with Gasteiger partial charge in [-0.2, -0.15) is 4.31 Å². The van der Waals surface area contributed by atoms with Crippen LogP contribution < -0.4 is 0 Å². The molecule has 1 aromatic heterocycles. The first-order valence-corrected chi connectivity index (χ1v) is 11.5. The van der Waals surface area contributed by atoms with Gasteiger partial charge in [-0.25, -0.2) is 18.2 Å². The van der Waals surface area contributed by atoms with E-state index < -0.39 is 16.0 Å². The fourth-order valence-corrected chi connectivity index (χ4v) is 5.62. The number of nitrogens with zero attached hydrogens (tertiary/aromatic N) is 2. The Hall–Kier alpha value is -2.42. The number of fused-ring (bicyclic) bond motifs is 1. The first-order chi connectivity index (χ1) is 14.3. The number of esters is 1. The molecule has 0 aliphatic carbocycles. The van der Waals surface area contributed by atoms with Crippen LogP contribution in [0.25, 0.3) is 11.1 Å². The lowest BCUT2D eigenvalue weighted by Crippen LogP contribution is -2.39. The molecule has 2 aromatic carbocycles. The predicted molar refractivity (Wildman–Crippen MR) is 112 cm³/mol. The molecule has 0 unspecified atom stereocenters. The highest BCUT2D eigenvalue weighted by Gasteiger charge is 2.31. The molecule has 1 aliphatic rings. The molecule has 7 nitrogen and oxygen atoms in total. The molecular weight excluding hydrogens is 428 g/mol. The molecule has 0 amide bonds. The Bertz CT molecular complexity index is 1160. The number of sulfonamides is 1. The topological polar surface area (TPSA) is 89.7 Å². The molecule has 158 valence electrons. The molecule has 0 N–H and O–H groups in total. The number of aromatic nitrogens is 1. The predicted octanol–water partition coefficient (Wildman–Crippen LogP) is 4.26. The summed E-state index contributed by atoms with van der Waals surface area (Å²) in [6, 6.07) is 11.3. The van der Waals surface area contributed by atoms with E-state index in [-0.39, 0.29) is 33.9 Å². The number of carbonyl (C=O) groups excluding carboxylic acids is 1. The average molecular weight is 449 g/mol. The molecule has 2 heterocycles. The largest absolute Gasteiger partial charge is 0.452 e. The van der Waals surface area contributed by atoms with E-state index in [1.807, 2.05) is 19.1 Å². The van der Waals surface area contributed by atoms with Crippen molar-refractivity contribution >= 4 is 38.7 Å². The maximum Gasteiger partial charge on any atom is 0.338 e. The van der Waals surface area contributed by atoms with E-state index in [0.29, 0.717) is 24.2 Å². The highest BCUT2D eigenvalue weighted by atomic mass is 35.5. The number of benzene rings is 2. The number of oxazole rings is 1. The van der Waals surface area contributed by atoms with E-state index in [1.165, 1.54) is 22.5 Å². The van der Waals surface area contributed by atoms with Gasteiger partial charge in [-0.1, -0.05) is 30.7 Å². The zero-order valence-electron chi connectivity index (χ0n) is 16.4. The Kier molecular flexibility index (Phi) is 5.81. The molecule has 1 saturated heterocycles. The Labute approximate surface area is 179 Å². The lowest BCUT2D eigenvalue weighted by atomic mass is 10.0. The summed E-state index contributed by atoms with van der Waals surface area (Å²) in [5, 5.41) is 0.0729. The van der Waals surface area contributed by atoms with Gasteiger partial charge < -0.3 is 9.15 Å². The van der Waals surface area contributed by atoms with Crippen LogP contribution in [0.15, 0.2) is 51.8 Å². The maximum absolute atomic E-state index is 13.1. The Morgan fingerprint density at radius 1 is 1.30 bits per heavy atom. The van der Waals surface area contributed by atoms with Crippen LogP contribution in [-0.4, -0.2) is 36.8 Å². The molecule has 1 aliphatic heterocycles. The van der Waals surface area contributed by atoms with Crippen LogP contribution in [-0.2, 0) is 21.4 Å². The third-order valence-corrected chi connectivity index (χ3v) is 7.42. The van der Waals surface area contributed by atoms with Gasteiger partial charge in [0.1, 0.15) is 10.4 Å². The number of para-hydroxylation sites is 2. The summed E-state index contributed by atoms with van der Waals surface area (Å²) in [5.74, 6) is -0.150. The summed E-state index contributed by atoms with van der Waals surface area (Å²) in [7, 11) is -3.80. The van der Waals surface area contributed by atoms with Crippen molar-refractivity contribution in [3.8, 4) is 0 Å². The summed E-state index contributed by atoms with van der Waals surface area (Å²) in [6.45, 7) is 2.73. The first-order valence-electron chi connectivity index (χ1n) is 9.66. The fraction of sp³-hybridized carbons (Fsp3) is 0.333. The first kappa shape index (κ1) is 20.8. The number of piperidine rings is 1. The molecular formula is C21H21ClN2O5S. The van der Waals surface area contributed by atoms with Gasteiger partial charge in [0.2, 0.25) is 15.9 Å². The van der Waals surface area contributed by atoms with Gasteiger partial charge in [-0.3, -0.25) is 0 Å². The summed E-state index contributed by atoms with van der Waals surface area (Å²) in [5.41, 5.74) is 1.36. The number of hydrogen-bond acceptors (Lipinski definition) is 6. The molecule has 30 heavy (non-hydrogen) atoms. The standard InChI is InChI=1S/C21H21ClN2O5S/c1-14-5-4-10-24(12-14)30(26,27)19-11-15(8-9-16(19)22)21(25)28-13-20-23-17-6-2-3-7-18(17)29-20/h2-3,6-9,11,14H,4-5,10,12-13H2,1H3/t14-/m0/s1. The van der Waals surface area contributed by atoms with Gasteiger partial charge in [0.25, 0.3) is 0 Å². The number of rotatable bonds is 5. The van der Waals surface area contributed by atoms with E-state index in [1.54, 1.807) is 12.1 Å². The lowest BCUT2D eigenvalue weighted by molar-refractivity contribution is 0.0440. The average Bonchev–Trinajstić information content (AvgIpc) is 3.15. The Morgan fingerprint density at radius 2 is 2.10 bits per heavy atom. The van der Waals surface area contributed by atoms with E-state index in [4.69, 9.17) is 20.8 Å². The van der Waals surface area contributed by atoms with Crippen LogP contribution in [0.1, 0.15) is 36.0 Å². The second-order valence-electron chi connectivity index (χ2n) is 7.41. The van der Waals surface area contributed by atoms with Crippen molar-refractivity contribution in [1.82, 2.24) is 9.29 Å². The van der Waals surface area contributed by atoms with Gasteiger partial charge in [-0.15, -0.1) is 0 Å². The van der Waals surface area contributed by atoms with Crippen LogP contribution in [0.5, 0.6) is 0 Å². The molecule has 4 rings (SSSR count). The molecule has 1 atom stereocenters.